The highest BCUT2D eigenvalue weighted by molar-refractivity contribution is 5.81. The molecule has 0 rings (SSSR count). The third-order valence-electron chi connectivity index (χ3n) is 2.05. The molecule has 14 heavy (non-hydrogen) atoms. The normalized spacial score (nSPS) is 15.7. The molecule has 0 aliphatic heterocycles. The van der Waals surface area contributed by atoms with Gasteiger partial charge < -0.3 is 16.0 Å². The van der Waals surface area contributed by atoms with Gasteiger partial charge in [0.15, 0.2) is 0 Å². The standard InChI is InChI=1S/C10H23N3O/c1-7(2)9(11)10(14)12-8(3)6-13(4)5/h7-9H,6,11H2,1-5H3,(H,12,14)/t8?,9-/m0/s1. The maximum absolute atomic E-state index is 11.5. The van der Waals surface area contributed by atoms with Gasteiger partial charge in [-0.15, -0.1) is 0 Å². The molecule has 0 aromatic rings. The van der Waals surface area contributed by atoms with Crippen molar-refractivity contribution in [2.75, 3.05) is 20.6 Å². The first kappa shape index (κ1) is 13.4. The Hall–Kier alpha value is -0.610. The summed E-state index contributed by atoms with van der Waals surface area (Å²) in [5.41, 5.74) is 5.71. The van der Waals surface area contributed by atoms with Gasteiger partial charge in [-0.3, -0.25) is 4.79 Å². The van der Waals surface area contributed by atoms with Crippen molar-refractivity contribution in [1.82, 2.24) is 10.2 Å². The lowest BCUT2D eigenvalue weighted by molar-refractivity contribution is -0.123. The Bertz CT molecular complexity index is 180. The maximum Gasteiger partial charge on any atom is 0.237 e. The molecule has 0 aromatic carbocycles. The predicted molar refractivity (Wildman–Crippen MR) is 59.0 cm³/mol. The molecule has 0 aromatic heterocycles. The van der Waals surface area contributed by atoms with Gasteiger partial charge in [0.25, 0.3) is 0 Å². The van der Waals surface area contributed by atoms with Crippen LogP contribution in [-0.4, -0.2) is 43.5 Å². The van der Waals surface area contributed by atoms with Crippen molar-refractivity contribution in [3.05, 3.63) is 0 Å². The molecular weight excluding hydrogens is 178 g/mol. The third-order valence-corrected chi connectivity index (χ3v) is 2.05. The van der Waals surface area contributed by atoms with E-state index in [0.29, 0.717) is 0 Å². The highest BCUT2D eigenvalue weighted by atomic mass is 16.2. The van der Waals surface area contributed by atoms with E-state index in [2.05, 4.69) is 5.32 Å². The average molecular weight is 201 g/mol. The molecule has 0 fully saturated rings. The summed E-state index contributed by atoms with van der Waals surface area (Å²) in [6.07, 6.45) is 0. The lowest BCUT2D eigenvalue weighted by Crippen LogP contribution is -2.49. The summed E-state index contributed by atoms with van der Waals surface area (Å²) in [7, 11) is 3.95. The number of amides is 1. The van der Waals surface area contributed by atoms with Crippen LogP contribution in [0.1, 0.15) is 20.8 Å². The van der Waals surface area contributed by atoms with Crippen molar-refractivity contribution in [3.63, 3.8) is 0 Å². The molecule has 0 saturated carbocycles. The number of nitrogens with one attached hydrogen (secondary N) is 1. The second-order valence-corrected chi connectivity index (χ2v) is 4.44. The van der Waals surface area contributed by atoms with Crippen LogP contribution in [0.5, 0.6) is 0 Å². The van der Waals surface area contributed by atoms with Gasteiger partial charge >= 0.3 is 0 Å². The van der Waals surface area contributed by atoms with Gasteiger partial charge in [0, 0.05) is 12.6 Å². The topological polar surface area (TPSA) is 58.4 Å². The summed E-state index contributed by atoms with van der Waals surface area (Å²) in [5.74, 6) is 0.121. The van der Waals surface area contributed by atoms with Crippen molar-refractivity contribution in [2.24, 2.45) is 11.7 Å². The van der Waals surface area contributed by atoms with Crippen LogP contribution < -0.4 is 11.1 Å². The lowest BCUT2D eigenvalue weighted by atomic mass is 10.0. The van der Waals surface area contributed by atoms with E-state index in [1.54, 1.807) is 0 Å². The molecule has 1 unspecified atom stereocenters. The maximum atomic E-state index is 11.5. The second kappa shape index (κ2) is 5.98. The zero-order valence-electron chi connectivity index (χ0n) is 9.87. The number of hydrogen-bond acceptors (Lipinski definition) is 3. The fourth-order valence-corrected chi connectivity index (χ4v) is 1.24. The zero-order chi connectivity index (χ0) is 11.3. The van der Waals surface area contributed by atoms with Crippen LogP contribution in [0.3, 0.4) is 0 Å². The first-order valence-electron chi connectivity index (χ1n) is 5.05. The summed E-state index contributed by atoms with van der Waals surface area (Å²) < 4.78 is 0. The Balaban J connectivity index is 3.93. The number of likely N-dealkylation sites (N-methyl/N-ethyl adjacent to an activating group) is 1. The Morgan fingerprint density at radius 1 is 1.36 bits per heavy atom. The van der Waals surface area contributed by atoms with Gasteiger partial charge in [-0.2, -0.15) is 0 Å². The molecule has 0 bridgehead atoms. The minimum absolute atomic E-state index is 0.0608. The highest BCUT2D eigenvalue weighted by Crippen LogP contribution is 1.98. The van der Waals surface area contributed by atoms with Gasteiger partial charge in [0.1, 0.15) is 0 Å². The molecule has 4 nitrogen and oxygen atoms in total. The number of carbonyl (C=O) groups is 1. The van der Waals surface area contributed by atoms with Crippen molar-refractivity contribution < 1.29 is 4.79 Å². The molecule has 1 amide bonds. The van der Waals surface area contributed by atoms with E-state index in [0.717, 1.165) is 6.54 Å². The van der Waals surface area contributed by atoms with Gasteiger partial charge in [0.05, 0.1) is 6.04 Å². The fourth-order valence-electron chi connectivity index (χ4n) is 1.24. The molecular formula is C10H23N3O. The summed E-state index contributed by atoms with van der Waals surface area (Å²) >= 11 is 0. The van der Waals surface area contributed by atoms with Crippen LogP contribution in [-0.2, 0) is 4.79 Å². The Kier molecular flexibility index (Phi) is 5.72. The molecule has 4 heteroatoms. The van der Waals surface area contributed by atoms with Crippen LogP contribution in [0.4, 0.5) is 0 Å². The minimum atomic E-state index is -0.403. The molecule has 3 N–H and O–H groups in total. The molecule has 2 atom stereocenters. The quantitative estimate of drug-likeness (QED) is 0.660. The SMILES string of the molecule is CC(CN(C)C)NC(=O)[C@@H](N)C(C)C. The zero-order valence-corrected chi connectivity index (χ0v) is 9.87. The van der Waals surface area contributed by atoms with Gasteiger partial charge in [-0.25, -0.2) is 0 Å². The number of nitrogens with zero attached hydrogens (tertiary/aromatic N) is 1. The fraction of sp³-hybridized carbons (Fsp3) is 0.900. The molecule has 84 valence electrons. The van der Waals surface area contributed by atoms with E-state index in [9.17, 15) is 4.79 Å². The molecule has 0 spiro atoms. The molecule has 0 aliphatic carbocycles. The van der Waals surface area contributed by atoms with E-state index >= 15 is 0 Å². The number of carbonyl (C=O) groups excluding carboxylic acids is 1. The molecule has 0 heterocycles. The van der Waals surface area contributed by atoms with Crippen LogP contribution in [0.15, 0.2) is 0 Å². The Morgan fingerprint density at radius 3 is 2.21 bits per heavy atom. The summed E-state index contributed by atoms with van der Waals surface area (Å²) in [6.45, 7) is 6.70. The first-order valence-corrected chi connectivity index (χ1v) is 5.05. The van der Waals surface area contributed by atoms with Crippen LogP contribution in [0.2, 0.25) is 0 Å². The average Bonchev–Trinajstić information content (AvgIpc) is 2.00. The van der Waals surface area contributed by atoms with Crippen LogP contribution in [0, 0.1) is 5.92 Å². The van der Waals surface area contributed by atoms with Crippen molar-refractivity contribution in [3.8, 4) is 0 Å². The van der Waals surface area contributed by atoms with Crippen LogP contribution in [0.25, 0.3) is 0 Å². The predicted octanol–water partition coefficient (Wildman–Crippen LogP) is 0.0360. The summed E-state index contributed by atoms with van der Waals surface area (Å²) in [4.78, 5) is 13.6. The van der Waals surface area contributed by atoms with Gasteiger partial charge in [0.2, 0.25) is 5.91 Å². The molecule has 0 radical (unpaired) electrons. The highest BCUT2D eigenvalue weighted by Gasteiger charge is 2.18. The Labute approximate surface area is 86.8 Å². The largest absolute Gasteiger partial charge is 0.351 e. The van der Waals surface area contributed by atoms with E-state index in [-0.39, 0.29) is 17.9 Å². The monoisotopic (exact) mass is 201 g/mol. The lowest BCUT2D eigenvalue weighted by Gasteiger charge is -2.21. The van der Waals surface area contributed by atoms with Crippen molar-refractivity contribution in [2.45, 2.75) is 32.9 Å². The number of nitrogens with two attached hydrogens (primary N) is 1. The van der Waals surface area contributed by atoms with Crippen molar-refractivity contribution in [1.29, 1.82) is 0 Å². The van der Waals surface area contributed by atoms with Gasteiger partial charge in [-0.1, -0.05) is 13.8 Å². The smallest absolute Gasteiger partial charge is 0.237 e. The van der Waals surface area contributed by atoms with Crippen molar-refractivity contribution >= 4 is 5.91 Å². The molecule has 0 saturated heterocycles. The molecule has 0 aliphatic rings. The minimum Gasteiger partial charge on any atom is -0.351 e. The Morgan fingerprint density at radius 2 is 1.86 bits per heavy atom. The summed E-state index contributed by atoms with van der Waals surface area (Å²) in [5, 5.41) is 2.89. The first-order chi connectivity index (χ1) is 6.34. The third kappa shape index (κ3) is 5.19. The second-order valence-electron chi connectivity index (χ2n) is 4.44. The number of hydrogen-bond donors (Lipinski definition) is 2. The number of rotatable bonds is 5. The van der Waals surface area contributed by atoms with E-state index in [1.807, 2.05) is 39.8 Å². The van der Waals surface area contributed by atoms with E-state index in [1.165, 1.54) is 0 Å². The van der Waals surface area contributed by atoms with E-state index in [4.69, 9.17) is 5.73 Å². The van der Waals surface area contributed by atoms with E-state index < -0.39 is 6.04 Å². The summed E-state index contributed by atoms with van der Waals surface area (Å²) in [6, 6.07) is -0.262. The van der Waals surface area contributed by atoms with Gasteiger partial charge in [-0.05, 0) is 26.9 Å². The van der Waals surface area contributed by atoms with Crippen LogP contribution >= 0.6 is 0 Å².